The van der Waals surface area contributed by atoms with Gasteiger partial charge in [0.2, 0.25) is 0 Å². The van der Waals surface area contributed by atoms with E-state index in [9.17, 15) is 0 Å². The van der Waals surface area contributed by atoms with Gasteiger partial charge in [-0.15, -0.1) is 11.3 Å². The Balaban J connectivity index is 2.31. The normalized spacial score (nSPS) is 10.7. The van der Waals surface area contributed by atoms with Crippen molar-refractivity contribution in [2.45, 2.75) is 26.8 Å². The smallest absolute Gasteiger partial charge is 0.129 e. The number of rotatable bonds is 7. The van der Waals surface area contributed by atoms with Crippen molar-refractivity contribution in [2.75, 3.05) is 20.8 Å². The van der Waals surface area contributed by atoms with E-state index >= 15 is 0 Å². The first kappa shape index (κ1) is 15.8. The van der Waals surface area contributed by atoms with E-state index in [4.69, 9.17) is 9.47 Å². The van der Waals surface area contributed by atoms with Crippen LogP contribution in [0.15, 0.2) is 18.2 Å². The maximum Gasteiger partial charge on any atom is 0.129 e. The fourth-order valence-electron chi connectivity index (χ4n) is 2.07. The number of nitrogens with one attached hydrogen (secondary N) is 1. The molecule has 21 heavy (non-hydrogen) atoms. The Labute approximate surface area is 130 Å². The second-order valence-electron chi connectivity index (χ2n) is 4.77. The van der Waals surface area contributed by atoms with Crippen molar-refractivity contribution < 1.29 is 9.47 Å². The molecule has 0 spiro atoms. The molecule has 1 aromatic carbocycles. The lowest BCUT2D eigenvalue weighted by Crippen LogP contribution is -2.13. The molecule has 5 heteroatoms. The van der Waals surface area contributed by atoms with Gasteiger partial charge in [0, 0.05) is 11.4 Å². The molecule has 1 heterocycles. The van der Waals surface area contributed by atoms with E-state index in [1.165, 1.54) is 4.88 Å². The molecule has 0 radical (unpaired) electrons. The van der Waals surface area contributed by atoms with Gasteiger partial charge in [0.15, 0.2) is 0 Å². The van der Waals surface area contributed by atoms with Crippen LogP contribution in [0.4, 0.5) is 0 Å². The number of nitrogens with zero attached hydrogens (tertiary/aromatic N) is 1. The molecule has 0 saturated heterocycles. The molecule has 0 aliphatic rings. The van der Waals surface area contributed by atoms with E-state index in [0.29, 0.717) is 0 Å². The highest BCUT2D eigenvalue weighted by Gasteiger charge is 2.14. The zero-order valence-corrected chi connectivity index (χ0v) is 13.8. The Hall–Kier alpha value is -1.59. The van der Waals surface area contributed by atoms with Crippen LogP contribution in [0.25, 0.3) is 10.6 Å². The molecule has 0 atom stereocenters. The van der Waals surface area contributed by atoms with Crippen LogP contribution in [0, 0.1) is 6.92 Å². The predicted octanol–water partition coefficient (Wildman–Crippen LogP) is 3.64. The lowest BCUT2D eigenvalue weighted by Gasteiger charge is -2.08. The van der Waals surface area contributed by atoms with Crippen LogP contribution < -0.4 is 14.8 Å². The minimum atomic E-state index is 0.810. The summed E-state index contributed by atoms with van der Waals surface area (Å²) in [6.07, 6.45) is 1.13. The molecule has 0 amide bonds. The molecule has 1 N–H and O–H groups in total. The molecule has 2 aromatic rings. The summed E-state index contributed by atoms with van der Waals surface area (Å²) in [6.45, 7) is 6.10. The van der Waals surface area contributed by atoms with E-state index in [0.717, 1.165) is 47.3 Å². The third-order valence-corrected chi connectivity index (χ3v) is 4.43. The van der Waals surface area contributed by atoms with Gasteiger partial charge >= 0.3 is 0 Å². The van der Waals surface area contributed by atoms with Gasteiger partial charge < -0.3 is 14.8 Å². The van der Waals surface area contributed by atoms with Crippen molar-refractivity contribution in [1.29, 1.82) is 0 Å². The molecule has 1 aromatic heterocycles. The Morgan fingerprint density at radius 1 is 1.24 bits per heavy atom. The van der Waals surface area contributed by atoms with E-state index in [1.807, 2.05) is 18.2 Å². The Morgan fingerprint density at radius 3 is 2.71 bits per heavy atom. The molecule has 0 aliphatic heterocycles. The number of ether oxygens (including phenoxy) is 2. The largest absolute Gasteiger partial charge is 0.497 e. The maximum atomic E-state index is 5.44. The van der Waals surface area contributed by atoms with Crippen molar-refractivity contribution in [2.24, 2.45) is 0 Å². The number of hydrogen-bond acceptors (Lipinski definition) is 5. The van der Waals surface area contributed by atoms with Crippen molar-refractivity contribution in [1.82, 2.24) is 10.3 Å². The van der Waals surface area contributed by atoms with Crippen LogP contribution in [0.3, 0.4) is 0 Å². The standard InChI is InChI=1S/C16H22N2O2S/c1-5-8-17-10-15-11(2)18-16(21-15)13-9-12(19-3)6-7-14(13)20-4/h6-7,9,17H,5,8,10H2,1-4H3. The number of thiazole rings is 1. The SMILES string of the molecule is CCCNCc1sc(-c2cc(OC)ccc2OC)nc1C. The highest BCUT2D eigenvalue weighted by molar-refractivity contribution is 7.15. The summed E-state index contributed by atoms with van der Waals surface area (Å²) < 4.78 is 10.7. The van der Waals surface area contributed by atoms with Crippen molar-refractivity contribution in [3.8, 4) is 22.1 Å². The molecule has 114 valence electrons. The molecular formula is C16H22N2O2S. The fourth-order valence-corrected chi connectivity index (χ4v) is 3.12. The molecule has 0 unspecified atom stereocenters. The fraction of sp³-hybridized carbons (Fsp3) is 0.438. The van der Waals surface area contributed by atoms with E-state index < -0.39 is 0 Å². The van der Waals surface area contributed by atoms with E-state index in [1.54, 1.807) is 25.6 Å². The topological polar surface area (TPSA) is 43.4 Å². The molecule has 0 fully saturated rings. The van der Waals surface area contributed by atoms with Crippen molar-refractivity contribution >= 4 is 11.3 Å². The minimum Gasteiger partial charge on any atom is -0.497 e. The highest BCUT2D eigenvalue weighted by Crippen LogP contribution is 2.36. The summed E-state index contributed by atoms with van der Waals surface area (Å²) in [5, 5.41) is 4.39. The molecule has 0 saturated carbocycles. The van der Waals surface area contributed by atoms with E-state index in [-0.39, 0.29) is 0 Å². The molecular weight excluding hydrogens is 284 g/mol. The third-order valence-electron chi connectivity index (χ3n) is 3.24. The van der Waals surface area contributed by atoms with Gasteiger partial charge in [-0.3, -0.25) is 0 Å². The Bertz CT molecular complexity index is 596. The van der Waals surface area contributed by atoms with Gasteiger partial charge in [0.1, 0.15) is 16.5 Å². The number of hydrogen-bond donors (Lipinski definition) is 1. The lowest BCUT2D eigenvalue weighted by molar-refractivity contribution is 0.404. The first-order valence-electron chi connectivity index (χ1n) is 7.09. The maximum absolute atomic E-state index is 5.44. The first-order chi connectivity index (χ1) is 10.2. The van der Waals surface area contributed by atoms with Crippen LogP contribution in [0.1, 0.15) is 23.9 Å². The van der Waals surface area contributed by atoms with Gasteiger partial charge in [0.25, 0.3) is 0 Å². The number of aryl methyl sites for hydroxylation is 1. The number of benzene rings is 1. The summed E-state index contributed by atoms with van der Waals surface area (Å²) in [6, 6.07) is 5.78. The minimum absolute atomic E-state index is 0.810. The zero-order valence-electron chi connectivity index (χ0n) is 13.0. The average molecular weight is 306 g/mol. The summed E-state index contributed by atoms with van der Waals surface area (Å²) in [4.78, 5) is 5.95. The molecule has 2 rings (SSSR count). The Kier molecular flexibility index (Phi) is 5.59. The second-order valence-corrected chi connectivity index (χ2v) is 5.85. The number of aromatic nitrogens is 1. The average Bonchev–Trinajstić information content (AvgIpc) is 2.88. The monoisotopic (exact) mass is 306 g/mol. The highest BCUT2D eigenvalue weighted by atomic mass is 32.1. The van der Waals surface area contributed by atoms with Crippen LogP contribution in [0.5, 0.6) is 11.5 Å². The van der Waals surface area contributed by atoms with Crippen molar-refractivity contribution in [3.63, 3.8) is 0 Å². The predicted molar refractivity (Wildman–Crippen MR) is 87.4 cm³/mol. The van der Waals surface area contributed by atoms with Gasteiger partial charge in [-0.1, -0.05) is 6.92 Å². The number of methoxy groups -OCH3 is 2. The van der Waals surface area contributed by atoms with Crippen molar-refractivity contribution in [3.05, 3.63) is 28.8 Å². The molecule has 0 aliphatic carbocycles. The summed E-state index contributed by atoms with van der Waals surface area (Å²) in [5.41, 5.74) is 2.05. The summed E-state index contributed by atoms with van der Waals surface area (Å²) in [7, 11) is 3.34. The van der Waals surface area contributed by atoms with Crippen LogP contribution >= 0.6 is 11.3 Å². The second kappa shape index (κ2) is 7.43. The van der Waals surface area contributed by atoms with Crippen LogP contribution in [0.2, 0.25) is 0 Å². The van der Waals surface area contributed by atoms with Gasteiger partial charge in [-0.05, 0) is 38.1 Å². The molecule has 0 bridgehead atoms. The van der Waals surface area contributed by atoms with Crippen LogP contribution in [-0.2, 0) is 6.54 Å². The quantitative estimate of drug-likeness (QED) is 0.793. The van der Waals surface area contributed by atoms with Gasteiger partial charge in [-0.25, -0.2) is 4.98 Å². The van der Waals surface area contributed by atoms with E-state index in [2.05, 4.69) is 24.1 Å². The summed E-state index contributed by atoms with van der Waals surface area (Å²) >= 11 is 1.70. The van der Waals surface area contributed by atoms with Crippen LogP contribution in [-0.4, -0.2) is 25.7 Å². The van der Waals surface area contributed by atoms with Gasteiger partial charge in [-0.2, -0.15) is 0 Å². The third kappa shape index (κ3) is 3.74. The zero-order chi connectivity index (χ0) is 15.2. The van der Waals surface area contributed by atoms with Gasteiger partial charge in [0.05, 0.1) is 25.5 Å². The lowest BCUT2D eigenvalue weighted by atomic mass is 10.2. The summed E-state index contributed by atoms with van der Waals surface area (Å²) in [5.74, 6) is 1.63. The first-order valence-corrected chi connectivity index (χ1v) is 7.90. The Morgan fingerprint density at radius 2 is 2.05 bits per heavy atom. The molecule has 4 nitrogen and oxygen atoms in total.